The van der Waals surface area contributed by atoms with Gasteiger partial charge in [0.15, 0.2) is 0 Å². The van der Waals surface area contributed by atoms with Crippen molar-refractivity contribution < 1.29 is 9.90 Å². The quantitative estimate of drug-likeness (QED) is 0.873. The van der Waals surface area contributed by atoms with Crippen molar-refractivity contribution in [3.05, 3.63) is 28.2 Å². The van der Waals surface area contributed by atoms with Crippen LogP contribution in [0.25, 0.3) is 0 Å². The van der Waals surface area contributed by atoms with E-state index in [1.54, 1.807) is 0 Å². The van der Waals surface area contributed by atoms with E-state index in [0.717, 1.165) is 41.4 Å². The van der Waals surface area contributed by atoms with E-state index in [0.29, 0.717) is 6.54 Å². The molecular formula is C16H23BrN2O2. The van der Waals surface area contributed by atoms with Gasteiger partial charge in [-0.15, -0.1) is 0 Å². The van der Waals surface area contributed by atoms with Gasteiger partial charge < -0.3 is 10.4 Å². The Kier molecular flexibility index (Phi) is 5.79. The summed E-state index contributed by atoms with van der Waals surface area (Å²) in [6.07, 6.45) is 3.69. The molecule has 0 aromatic heterocycles. The van der Waals surface area contributed by atoms with Gasteiger partial charge in [0.25, 0.3) is 0 Å². The first-order chi connectivity index (χ1) is 9.97. The number of nitrogens with one attached hydrogen (secondary N) is 1. The molecule has 1 aromatic rings. The number of hydrogen-bond donors (Lipinski definition) is 2. The third-order valence-corrected chi connectivity index (χ3v) is 4.98. The van der Waals surface area contributed by atoms with Gasteiger partial charge in [-0.25, -0.2) is 0 Å². The summed E-state index contributed by atoms with van der Waals surface area (Å²) in [5.74, 6) is -0.0444. The van der Waals surface area contributed by atoms with Crippen molar-refractivity contribution in [3.8, 4) is 0 Å². The highest BCUT2D eigenvalue weighted by molar-refractivity contribution is 9.10. The molecule has 0 heterocycles. The highest BCUT2D eigenvalue weighted by Crippen LogP contribution is 2.23. The second-order valence-electron chi connectivity index (χ2n) is 5.85. The minimum Gasteiger partial charge on any atom is -0.391 e. The van der Waals surface area contributed by atoms with Crippen LogP contribution >= 0.6 is 15.9 Å². The maximum atomic E-state index is 12.1. The predicted molar refractivity (Wildman–Crippen MR) is 88.4 cm³/mol. The van der Waals surface area contributed by atoms with Gasteiger partial charge in [0.2, 0.25) is 5.91 Å². The SMILES string of the molecule is Cc1cc(NC(=O)CN(C)C2CCCCC2O)ccc1Br. The Morgan fingerprint density at radius 2 is 2.14 bits per heavy atom. The molecule has 1 aliphatic rings. The topological polar surface area (TPSA) is 52.6 Å². The lowest BCUT2D eigenvalue weighted by molar-refractivity contribution is -0.118. The van der Waals surface area contributed by atoms with Crippen molar-refractivity contribution in [1.29, 1.82) is 0 Å². The largest absolute Gasteiger partial charge is 0.391 e. The van der Waals surface area contributed by atoms with E-state index in [2.05, 4.69) is 21.2 Å². The monoisotopic (exact) mass is 354 g/mol. The van der Waals surface area contributed by atoms with Crippen LogP contribution in [0.1, 0.15) is 31.2 Å². The lowest BCUT2D eigenvalue weighted by Crippen LogP contribution is -2.46. The van der Waals surface area contributed by atoms with Gasteiger partial charge in [-0.3, -0.25) is 9.69 Å². The van der Waals surface area contributed by atoms with Crippen molar-refractivity contribution in [1.82, 2.24) is 4.90 Å². The van der Waals surface area contributed by atoms with Crippen LogP contribution in [0.15, 0.2) is 22.7 Å². The first-order valence-electron chi connectivity index (χ1n) is 7.41. The normalized spacial score (nSPS) is 22.3. The van der Waals surface area contributed by atoms with Gasteiger partial charge in [-0.2, -0.15) is 0 Å². The zero-order valence-electron chi connectivity index (χ0n) is 12.6. The highest BCUT2D eigenvalue weighted by atomic mass is 79.9. The van der Waals surface area contributed by atoms with Crippen LogP contribution in [0.3, 0.4) is 0 Å². The maximum absolute atomic E-state index is 12.1. The Bertz CT molecular complexity index is 507. The van der Waals surface area contributed by atoms with Gasteiger partial charge in [0.05, 0.1) is 12.6 Å². The average molecular weight is 355 g/mol. The number of anilines is 1. The fourth-order valence-corrected chi connectivity index (χ4v) is 3.12. The van der Waals surface area contributed by atoms with E-state index >= 15 is 0 Å². The minimum absolute atomic E-state index is 0.0444. The fraction of sp³-hybridized carbons (Fsp3) is 0.562. The van der Waals surface area contributed by atoms with E-state index in [-0.39, 0.29) is 18.1 Å². The second kappa shape index (κ2) is 7.38. The van der Waals surface area contributed by atoms with Crippen LogP contribution in [-0.2, 0) is 4.79 Å². The summed E-state index contributed by atoms with van der Waals surface area (Å²) >= 11 is 3.45. The molecule has 4 nitrogen and oxygen atoms in total. The van der Waals surface area contributed by atoms with Crippen LogP contribution in [0, 0.1) is 6.92 Å². The maximum Gasteiger partial charge on any atom is 0.238 e. The molecule has 2 rings (SSSR count). The molecule has 2 N–H and O–H groups in total. The summed E-state index contributed by atoms with van der Waals surface area (Å²) in [7, 11) is 1.91. The summed E-state index contributed by atoms with van der Waals surface area (Å²) in [6.45, 7) is 2.29. The Labute approximate surface area is 134 Å². The molecule has 1 amide bonds. The molecule has 2 atom stereocenters. The van der Waals surface area contributed by atoms with Crippen LogP contribution in [0.4, 0.5) is 5.69 Å². The Hall–Kier alpha value is -0.910. The van der Waals surface area contributed by atoms with Crippen LogP contribution in [-0.4, -0.2) is 41.7 Å². The van der Waals surface area contributed by atoms with E-state index in [4.69, 9.17) is 0 Å². The lowest BCUT2D eigenvalue weighted by atomic mass is 9.91. The Morgan fingerprint density at radius 3 is 2.81 bits per heavy atom. The molecule has 21 heavy (non-hydrogen) atoms. The summed E-state index contributed by atoms with van der Waals surface area (Å²) in [5.41, 5.74) is 1.89. The van der Waals surface area contributed by atoms with Crippen molar-refractivity contribution in [3.63, 3.8) is 0 Å². The van der Waals surface area contributed by atoms with Crippen molar-refractivity contribution in [2.24, 2.45) is 0 Å². The third kappa shape index (κ3) is 4.53. The molecule has 1 aliphatic carbocycles. The molecule has 0 radical (unpaired) electrons. The molecular weight excluding hydrogens is 332 g/mol. The molecule has 1 fully saturated rings. The number of benzene rings is 1. The second-order valence-corrected chi connectivity index (χ2v) is 6.70. The minimum atomic E-state index is -0.313. The lowest BCUT2D eigenvalue weighted by Gasteiger charge is -2.34. The summed E-state index contributed by atoms with van der Waals surface area (Å²) in [4.78, 5) is 14.1. The van der Waals surface area contributed by atoms with Crippen molar-refractivity contribution in [2.45, 2.75) is 44.8 Å². The number of halogens is 1. The molecule has 5 heteroatoms. The number of aliphatic hydroxyl groups excluding tert-OH is 1. The fourth-order valence-electron chi connectivity index (χ4n) is 2.87. The van der Waals surface area contributed by atoms with E-state index in [1.807, 2.05) is 37.1 Å². The van der Waals surface area contributed by atoms with Gasteiger partial charge in [0.1, 0.15) is 0 Å². The average Bonchev–Trinajstić information content (AvgIpc) is 2.43. The zero-order valence-corrected chi connectivity index (χ0v) is 14.2. The van der Waals surface area contributed by atoms with Gasteiger partial charge in [0, 0.05) is 16.2 Å². The number of nitrogens with zero attached hydrogens (tertiary/aromatic N) is 1. The molecule has 0 spiro atoms. The standard InChI is InChI=1S/C16H23BrN2O2/c1-11-9-12(7-8-13(11)17)18-16(21)10-19(2)14-5-3-4-6-15(14)20/h7-9,14-15,20H,3-6,10H2,1-2H3,(H,18,21). The Balaban J connectivity index is 1.90. The number of likely N-dealkylation sites (N-methyl/N-ethyl adjacent to an activating group) is 1. The summed E-state index contributed by atoms with van der Waals surface area (Å²) in [6, 6.07) is 5.85. The van der Waals surface area contributed by atoms with Crippen molar-refractivity contribution >= 4 is 27.5 Å². The molecule has 0 bridgehead atoms. The first-order valence-corrected chi connectivity index (χ1v) is 8.21. The number of aliphatic hydroxyl groups is 1. The molecule has 2 unspecified atom stereocenters. The van der Waals surface area contributed by atoms with Crippen LogP contribution < -0.4 is 5.32 Å². The highest BCUT2D eigenvalue weighted by Gasteiger charge is 2.27. The number of carbonyl (C=O) groups excluding carboxylic acids is 1. The molecule has 1 aromatic carbocycles. The molecule has 0 aliphatic heterocycles. The molecule has 1 saturated carbocycles. The van der Waals surface area contributed by atoms with Crippen LogP contribution in [0.2, 0.25) is 0 Å². The summed E-state index contributed by atoms with van der Waals surface area (Å²) in [5, 5.41) is 12.9. The third-order valence-electron chi connectivity index (χ3n) is 4.09. The number of hydrogen-bond acceptors (Lipinski definition) is 3. The predicted octanol–water partition coefficient (Wildman–Crippen LogP) is 2.93. The molecule has 0 saturated heterocycles. The smallest absolute Gasteiger partial charge is 0.238 e. The van der Waals surface area contributed by atoms with Gasteiger partial charge in [-0.05, 0) is 50.6 Å². The first kappa shape index (κ1) is 16.5. The number of aryl methyl sites for hydroxylation is 1. The Morgan fingerprint density at radius 1 is 1.43 bits per heavy atom. The van der Waals surface area contributed by atoms with Gasteiger partial charge >= 0.3 is 0 Å². The van der Waals surface area contributed by atoms with E-state index < -0.39 is 0 Å². The molecule has 116 valence electrons. The number of carbonyl (C=O) groups is 1. The van der Waals surface area contributed by atoms with E-state index in [9.17, 15) is 9.90 Å². The number of rotatable bonds is 4. The van der Waals surface area contributed by atoms with Crippen molar-refractivity contribution in [2.75, 3.05) is 18.9 Å². The van der Waals surface area contributed by atoms with Crippen LogP contribution in [0.5, 0.6) is 0 Å². The summed E-state index contributed by atoms with van der Waals surface area (Å²) < 4.78 is 1.03. The van der Waals surface area contributed by atoms with Gasteiger partial charge in [-0.1, -0.05) is 28.8 Å². The number of amides is 1. The zero-order chi connectivity index (χ0) is 15.4. The van der Waals surface area contributed by atoms with E-state index in [1.165, 1.54) is 0 Å².